The molecule has 0 N–H and O–H groups in total. The molecule has 3 heterocycles. The predicted octanol–water partition coefficient (Wildman–Crippen LogP) is 3.64. The van der Waals surface area contributed by atoms with Crippen molar-refractivity contribution in [2.75, 3.05) is 25.1 Å². The van der Waals surface area contributed by atoms with Crippen molar-refractivity contribution in [2.45, 2.75) is 48.8 Å². The first-order valence-corrected chi connectivity index (χ1v) is 11.5. The zero-order chi connectivity index (χ0) is 20.0. The molecule has 1 aliphatic carbocycles. The Balaban J connectivity index is 1.43. The van der Waals surface area contributed by atoms with Crippen molar-refractivity contribution in [2.24, 2.45) is 0 Å². The molecule has 0 spiro atoms. The van der Waals surface area contributed by atoms with Crippen LogP contribution in [0, 0.1) is 0 Å². The van der Waals surface area contributed by atoms with Gasteiger partial charge in [-0.3, -0.25) is 4.79 Å². The van der Waals surface area contributed by atoms with Crippen LogP contribution in [0.5, 0.6) is 5.75 Å². The smallest absolute Gasteiger partial charge is 0.254 e. The molecule has 6 nitrogen and oxygen atoms in total. The SMILES string of the molecule is CN1Cc2cc(N3CCOc4cc([S+]([O-])C5CCCCC5)cnc43)ccc2C1=O. The van der Waals surface area contributed by atoms with Crippen LogP contribution in [0.15, 0.2) is 35.4 Å². The van der Waals surface area contributed by atoms with Gasteiger partial charge in [0.05, 0.1) is 12.7 Å². The standard InChI is InChI=1S/C22H25N3O3S/c1-24-14-15-11-16(7-8-19(15)22(24)26)25-9-10-28-20-12-18(13-23-21(20)25)29(27)17-5-3-2-4-6-17/h7-8,11-13,17H,2-6,9-10,14H2,1H3. The molecule has 2 aliphatic heterocycles. The molecule has 7 heteroatoms. The van der Waals surface area contributed by atoms with Crippen LogP contribution in [-0.4, -0.2) is 45.8 Å². The lowest BCUT2D eigenvalue weighted by molar-refractivity contribution is 0.0816. The second-order valence-electron chi connectivity index (χ2n) is 8.05. The van der Waals surface area contributed by atoms with E-state index >= 15 is 0 Å². The van der Waals surface area contributed by atoms with Crippen molar-refractivity contribution >= 4 is 28.6 Å². The van der Waals surface area contributed by atoms with Gasteiger partial charge in [-0.05, 0) is 60.6 Å². The van der Waals surface area contributed by atoms with E-state index in [9.17, 15) is 9.35 Å². The summed E-state index contributed by atoms with van der Waals surface area (Å²) >= 11 is -1.04. The van der Waals surface area contributed by atoms with Crippen molar-refractivity contribution in [1.82, 2.24) is 9.88 Å². The maximum absolute atomic E-state index is 13.0. The van der Waals surface area contributed by atoms with Crippen LogP contribution >= 0.6 is 0 Å². The Morgan fingerprint density at radius 3 is 2.86 bits per heavy atom. The lowest BCUT2D eigenvalue weighted by Gasteiger charge is -2.31. The van der Waals surface area contributed by atoms with Gasteiger partial charge in [-0.2, -0.15) is 0 Å². The average Bonchev–Trinajstić information content (AvgIpc) is 3.06. The van der Waals surface area contributed by atoms with Crippen molar-refractivity contribution in [3.8, 4) is 5.75 Å². The van der Waals surface area contributed by atoms with Gasteiger partial charge in [0, 0.05) is 30.9 Å². The number of hydrogen-bond acceptors (Lipinski definition) is 5. The monoisotopic (exact) mass is 411 g/mol. The summed E-state index contributed by atoms with van der Waals surface area (Å²) in [5, 5.41) is 0.231. The minimum absolute atomic E-state index is 0.0712. The van der Waals surface area contributed by atoms with Gasteiger partial charge in [-0.25, -0.2) is 4.98 Å². The zero-order valence-corrected chi connectivity index (χ0v) is 17.4. The Kier molecular flexibility index (Phi) is 4.87. The van der Waals surface area contributed by atoms with Crippen LogP contribution in [0.1, 0.15) is 48.0 Å². The molecule has 5 rings (SSSR count). The number of carbonyl (C=O) groups is 1. The Morgan fingerprint density at radius 1 is 1.21 bits per heavy atom. The van der Waals surface area contributed by atoms with Gasteiger partial charge in [-0.1, -0.05) is 6.42 Å². The summed E-state index contributed by atoms with van der Waals surface area (Å²) in [7, 11) is 1.82. The molecule has 0 bridgehead atoms. The molecule has 1 aromatic heterocycles. The molecule has 1 unspecified atom stereocenters. The second kappa shape index (κ2) is 7.54. The van der Waals surface area contributed by atoms with Crippen LogP contribution in [0.25, 0.3) is 0 Å². The fourth-order valence-electron chi connectivity index (χ4n) is 4.53. The van der Waals surface area contributed by atoms with Crippen LogP contribution in [0.2, 0.25) is 0 Å². The molecule has 3 aliphatic rings. The van der Waals surface area contributed by atoms with Gasteiger partial charge >= 0.3 is 0 Å². The van der Waals surface area contributed by atoms with E-state index in [1.807, 2.05) is 25.2 Å². The highest BCUT2D eigenvalue weighted by atomic mass is 32.2. The number of amides is 1. The molecule has 1 fully saturated rings. The minimum atomic E-state index is -1.04. The third-order valence-corrected chi connectivity index (χ3v) is 7.87. The number of anilines is 2. The number of aromatic nitrogens is 1. The van der Waals surface area contributed by atoms with Gasteiger partial charge in [0.2, 0.25) is 0 Å². The summed E-state index contributed by atoms with van der Waals surface area (Å²) in [6.07, 6.45) is 7.37. The van der Waals surface area contributed by atoms with E-state index in [1.165, 1.54) is 6.42 Å². The molecule has 0 saturated heterocycles. The van der Waals surface area contributed by atoms with E-state index in [0.29, 0.717) is 25.4 Å². The third-order valence-electron chi connectivity index (χ3n) is 6.11. The molecule has 1 saturated carbocycles. The summed E-state index contributed by atoms with van der Waals surface area (Å²) in [6.45, 7) is 1.86. The van der Waals surface area contributed by atoms with E-state index in [1.54, 1.807) is 11.1 Å². The van der Waals surface area contributed by atoms with Gasteiger partial charge in [0.25, 0.3) is 5.91 Å². The number of ether oxygens (including phenoxy) is 1. The summed E-state index contributed by atoms with van der Waals surface area (Å²) < 4.78 is 18.9. The second-order valence-corrected chi connectivity index (χ2v) is 9.79. The van der Waals surface area contributed by atoms with Crippen molar-refractivity contribution in [1.29, 1.82) is 0 Å². The fourth-order valence-corrected chi connectivity index (χ4v) is 6.06. The van der Waals surface area contributed by atoms with Crippen LogP contribution in [-0.2, 0) is 17.7 Å². The lowest BCUT2D eigenvalue weighted by atomic mass is 10.0. The molecule has 0 radical (unpaired) electrons. The molecule has 1 atom stereocenters. The van der Waals surface area contributed by atoms with Crippen LogP contribution in [0.3, 0.4) is 0 Å². The number of fused-ring (bicyclic) bond motifs is 2. The topological polar surface area (TPSA) is 68.7 Å². The molecule has 29 heavy (non-hydrogen) atoms. The van der Waals surface area contributed by atoms with E-state index in [4.69, 9.17) is 4.74 Å². The predicted molar refractivity (Wildman–Crippen MR) is 112 cm³/mol. The molecule has 2 aromatic rings. The highest BCUT2D eigenvalue weighted by molar-refractivity contribution is 7.92. The molecule has 152 valence electrons. The number of rotatable bonds is 3. The highest BCUT2D eigenvalue weighted by Gasteiger charge is 2.31. The summed E-state index contributed by atoms with van der Waals surface area (Å²) in [5.74, 6) is 1.51. The highest BCUT2D eigenvalue weighted by Crippen LogP contribution is 2.39. The quantitative estimate of drug-likeness (QED) is 0.722. The Morgan fingerprint density at radius 2 is 2.03 bits per heavy atom. The van der Waals surface area contributed by atoms with Crippen LogP contribution in [0.4, 0.5) is 11.5 Å². The molecule has 1 aromatic carbocycles. The Hall–Kier alpha value is -2.25. The van der Waals surface area contributed by atoms with Crippen LogP contribution < -0.4 is 9.64 Å². The maximum atomic E-state index is 13.0. The largest absolute Gasteiger partial charge is 0.611 e. The average molecular weight is 412 g/mol. The van der Waals surface area contributed by atoms with Gasteiger partial charge < -0.3 is 19.1 Å². The summed E-state index contributed by atoms with van der Waals surface area (Å²) in [4.78, 5) is 21.4. The Labute approximate surface area is 174 Å². The zero-order valence-electron chi connectivity index (χ0n) is 16.6. The normalized spacial score (nSPS) is 20.3. The number of nitrogens with zero attached hydrogens (tertiary/aromatic N) is 3. The van der Waals surface area contributed by atoms with E-state index < -0.39 is 11.2 Å². The fraction of sp³-hybridized carbons (Fsp3) is 0.455. The van der Waals surface area contributed by atoms with Crippen molar-refractivity contribution in [3.05, 3.63) is 41.6 Å². The maximum Gasteiger partial charge on any atom is 0.254 e. The number of carbonyl (C=O) groups excluding carboxylic acids is 1. The lowest BCUT2D eigenvalue weighted by Crippen LogP contribution is -2.30. The molecule has 1 amide bonds. The minimum Gasteiger partial charge on any atom is -0.611 e. The number of benzene rings is 1. The van der Waals surface area contributed by atoms with Crippen molar-refractivity contribution in [3.63, 3.8) is 0 Å². The van der Waals surface area contributed by atoms with E-state index in [2.05, 4.69) is 16.0 Å². The third kappa shape index (κ3) is 3.36. The first-order chi connectivity index (χ1) is 14.1. The Bertz CT molecular complexity index is 945. The number of pyridine rings is 1. The molecular formula is C22H25N3O3S. The van der Waals surface area contributed by atoms with E-state index in [-0.39, 0.29) is 11.2 Å². The molecular weight excluding hydrogens is 386 g/mol. The first kappa shape index (κ1) is 18.8. The van der Waals surface area contributed by atoms with E-state index in [0.717, 1.165) is 53.2 Å². The van der Waals surface area contributed by atoms with Gasteiger partial charge in [0.1, 0.15) is 11.9 Å². The summed E-state index contributed by atoms with van der Waals surface area (Å²) in [5.41, 5.74) is 2.82. The van der Waals surface area contributed by atoms with Gasteiger partial charge in [-0.15, -0.1) is 0 Å². The summed E-state index contributed by atoms with van der Waals surface area (Å²) in [6, 6.07) is 7.85. The van der Waals surface area contributed by atoms with Gasteiger partial charge in [0.15, 0.2) is 16.5 Å². The number of hydrogen-bond donors (Lipinski definition) is 0. The van der Waals surface area contributed by atoms with Crippen molar-refractivity contribution < 1.29 is 14.1 Å². The first-order valence-electron chi connectivity index (χ1n) is 10.3.